The van der Waals surface area contributed by atoms with Gasteiger partial charge in [-0.2, -0.15) is 23.2 Å². The molecule has 5 rings (SSSR count). The molecular weight excluding hydrogens is 493 g/mol. The standard InChI is InChI=1S/C19H19F3N8O2S2/c20-19(21,22)17-27-26-16(33-17)15-25-7-14-13(29-5-1-2-11(24)8-29)6-12(9-30(14)15)34(31,32)28-18(10-23)3-4-18/h6-7,9,11,28H,1-5,8,24H2. The zero-order valence-electron chi connectivity index (χ0n) is 17.6. The largest absolute Gasteiger partial charge is 0.445 e. The minimum Gasteiger partial charge on any atom is -0.368 e. The van der Waals surface area contributed by atoms with E-state index in [1.165, 1.54) is 22.9 Å². The molecule has 10 nitrogen and oxygen atoms in total. The molecule has 2 aliphatic rings. The molecule has 2 fully saturated rings. The van der Waals surface area contributed by atoms with Gasteiger partial charge in [-0.15, -0.1) is 10.2 Å². The van der Waals surface area contributed by atoms with Crippen LogP contribution in [0.15, 0.2) is 23.4 Å². The fourth-order valence-corrected chi connectivity index (χ4v) is 6.04. The molecule has 0 spiro atoms. The molecule has 0 radical (unpaired) electrons. The fraction of sp³-hybridized carbons (Fsp3) is 0.474. The van der Waals surface area contributed by atoms with Gasteiger partial charge in [0, 0.05) is 25.3 Å². The molecule has 180 valence electrons. The van der Waals surface area contributed by atoms with Gasteiger partial charge in [0.1, 0.15) is 10.4 Å². The first-order chi connectivity index (χ1) is 16.0. The maximum Gasteiger partial charge on any atom is 0.445 e. The lowest BCUT2D eigenvalue weighted by Gasteiger charge is -2.33. The Balaban J connectivity index is 1.66. The van der Waals surface area contributed by atoms with Crippen molar-refractivity contribution in [2.45, 2.75) is 48.3 Å². The van der Waals surface area contributed by atoms with E-state index in [1.54, 1.807) is 0 Å². The maximum absolute atomic E-state index is 13.2. The fourth-order valence-electron chi connectivity index (χ4n) is 3.95. The molecule has 0 amide bonds. The van der Waals surface area contributed by atoms with Crippen LogP contribution in [0.4, 0.5) is 18.9 Å². The van der Waals surface area contributed by atoms with Gasteiger partial charge in [0.25, 0.3) is 0 Å². The lowest BCUT2D eigenvalue weighted by Crippen LogP contribution is -2.43. The van der Waals surface area contributed by atoms with Crippen LogP contribution in [0.2, 0.25) is 0 Å². The van der Waals surface area contributed by atoms with E-state index < -0.39 is 26.7 Å². The van der Waals surface area contributed by atoms with Crippen molar-refractivity contribution in [3.63, 3.8) is 0 Å². The molecule has 4 heterocycles. The predicted octanol–water partition coefficient (Wildman–Crippen LogP) is 2.13. The van der Waals surface area contributed by atoms with Crippen LogP contribution in [0, 0.1) is 11.3 Å². The Morgan fingerprint density at radius 3 is 2.71 bits per heavy atom. The van der Waals surface area contributed by atoms with Crippen LogP contribution in [0.3, 0.4) is 0 Å². The quantitative estimate of drug-likeness (QED) is 0.529. The highest BCUT2D eigenvalue weighted by Gasteiger charge is 2.47. The van der Waals surface area contributed by atoms with Gasteiger partial charge in [0.2, 0.25) is 15.0 Å². The number of pyridine rings is 1. The number of imidazole rings is 1. The first-order valence-corrected chi connectivity index (χ1v) is 12.7. The predicted molar refractivity (Wildman–Crippen MR) is 116 cm³/mol. The van der Waals surface area contributed by atoms with E-state index in [0.717, 1.165) is 12.8 Å². The minimum atomic E-state index is -4.66. The van der Waals surface area contributed by atoms with E-state index in [9.17, 15) is 26.9 Å². The first kappa shape index (κ1) is 23.0. The summed E-state index contributed by atoms with van der Waals surface area (Å²) in [5.74, 6) is 0.0315. The van der Waals surface area contributed by atoms with Crippen LogP contribution in [-0.4, -0.2) is 52.7 Å². The van der Waals surface area contributed by atoms with E-state index in [1.807, 2.05) is 11.0 Å². The highest BCUT2D eigenvalue weighted by Crippen LogP contribution is 2.38. The van der Waals surface area contributed by atoms with Gasteiger partial charge in [-0.3, -0.25) is 4.40 Å². The molecule has 3 aromatic heterocycles. The number of fused-ring (bicyclic) bond motifs is 1. The van der Waals surface area contributed by atoms with Crippen molar-refractivity contribution in [2.75, 3.05) is 18.0 Å². The van der Waals surface area contributed by atoms with Crippen molar-refractivity contribution in [3.8, 4) is 16.9 Å². The number of nitrogens with one attached hydrogen (secondary N) is 1. The second-order valence-electron chi connectivity index (χ2n) is 8.46. The summed E-state index contributed by atoms with van der Waals surface area (Å²) in [4.78, 5) is 6.03. The van der Waals surface area contributed by atoms with Crippen LogP contribution in [0.5, 0.6) is 0 Å². The van der Waals surface area contributed by atoms with Gasteiger partial charge in [-0.05, 0) is 31.7 Å². The number of nitrogens with two attached hydrogens (primary N) is 1. The van der Waals surface area contributed by atoms with E-state index in [0.29, 0.717) is 48.5 Å². The molecule has 34 heavy (non-hydrogen) atoms. The average Bonchev–Trinajstić information content (AvgIpc) is 3.17. The Hall–Kier alpha value is -2.80. The van der Waals surface area contributed by atoms with Crippen molar-refractivity contribution >= 4 is 32.6 Å². The summed E-state index contributed by atoms with van der Waals surface area (Å²) in [7, 11) is -4.12. The van der Waals surface area contributed by atoms with Gasteiger partial charge in [0.05, 0.1) is 23.5 Å². The minimum absolute atomic E-state index is 0.0315. The molecule has 0 aromatic carbocycles. The van der Waals surface area contributed by atoms with Gasteiger partial charge < -0.3 is 10.6 Å². The summed E-state index contributed by atoms with van der Waals surface area (Å²) in [5, 5.41) is 14.9. The number of nitriles is 1. The zero-order chi connectivity index (χ0) is 24.3. The highest BCUT2D eigenvalue weighted by molar-refractivity contribution is 7.89. The van der Waals surface area contributed by atoms with Crippen molar-refractivity contribution in [1.82, 2.24) is 24.3 Å². The van der Waals surface area contributed by atoms with E-state index in [-0.39, 0.29) is 21.8 Å². The summed E-state index contributed by atoms with van der Waals surface area (Å²) in [5.41, 5.74) is 6.01. The highest BCUT2D eigenvalue weighted by atomic mass is 32.2. The molecule has 3 aromatic rings. The third-order valence-electron chi connectivity index (χ3n) is 5.86. The summed E-state index contributed by atoms with van der Waals surface area (Å²) in [6, 6.07) is 3.36. The Kier molecular flexibility index (Phi) is 5.32. The van der Waals surface area contributed by atoms with Crippen LogP contribution >= 0.6 is 11.3 Å². The molecule has 1 aliphatic carbocycles. The summed E-state index contributed by atoms with van der Waals surface area (Å²) >= 11 is 0.319. The Morgan fingerprint density at radius 2 is 2.09 bits per heavy atom. The monoisotopic (exact) mass is 512 g/mol. The number of nitrogens with zero attached hydrogens (tertiary/aromatic N) is 6. The van der Waals surface area contributed by atoms with Gasteiger partial charge in [0.15, 0.2) is 10.8 Å². The number of alkyl halides is 3. The maximum atomic E-state index is 13.2. The number of anilines is 1. The summed E-state index contributed by atoms with van der Waals surface area (Å²) in [6.07, 6.45) is 0.502. The lowest BCUT2D eigenvalue weighted by atomic mass is 10.1. The molecule has 1 saturated carbocycles. The third-order valence-corrected chi connectivity index (χ3v) is 8.32. The number of rotatable bonds is 5. The molecule has 3 N–H and O–H groups in total. The normalized spacial score (nSPS) is 20.4. The Morgan fingerprint density at radius 1 is 1.32 bits per heavy atom. The van der Waals surface area contributed by atoms with E-state index >= 15 is 0 Å². The summed E-state index contributed by atoms with van der Waals surface area (Å²) < 4.78 is 69.4. The smallest absolute Gasteiger partial charge is 0.368 e. The first-order valence-electron chi connectivity index (χ1n) is 10.4. The van der Waals surface area contributed by atoms with Crippen molar-refractivity contribution in [2.24, 2.45) is 5.73 Å². The second-order valence-corrected chi connectivity index (χ2v) is 11.1. The van der Waals surface area contributed by atoms with E-state index in [4.69, 9.17) is 5.73 Å². The molecule has 15 heteroatoms. The SMILES string of the molecule is N#CC1(NS(=O)(=O)c2cc(N3CCCC(N)C3)c3cnc(-c4nnc(C(F)(F)F)s4)n3c2)CC1. The number of piperidine rings is 1. The molecule has 1 aliphatic heterocycles. The number of sulfonamides is 1. The molecule has 1 atom stereocenters. The Bertz CT molecular complexity index is 1410. The number of halogens is 3. The summed E-state index contributed by atoms with van der Waals surface area (Å²) in [6.45, 7) is 1.10. The number of aromatic nitrogens is 4. The van der Waals surface area contributed by atoms with Crippen LogP contribution in [-0.2, 0) is 16.2 Å². The Labute approximate surface area is 196 Å². The molecule has 0 bridgehead atoms. The van der Waals surface area contributed by atoms with E-state index in [2.05, 4.69) is 19.9 Å². The number of hydrogen-bond donors (Lipinski definition) is 2. The van der Waals surface area contributed by atoms with Crippen LogP contribution in [0.25, 0.3) is 16.3 Å². The second kappa shape index (κ2) is 7.87. The number of hydrogen-bond acceptors (Lipinski definition) is 9. The average molecular weight is 513 g/mol. The van der Waals surface area contributed by atoms with Crippen molar-refractivity contribution in [3.05, 3.63) is 23.5 Å². The molecule has 1 saturated heterocycles. The van der Waals surface area contributed by atoms with Crippen molar-refractivity contribution < 1.29 is 21.6 Å². The van der Waals surface area contributed by atoms with Gasteiger partial charge >= 0.3 is 6.18 Å². The molecular formula is C19H19F3N8O2S2. The van der Waals surface area contributed by atoms with Crippen LogP contribution in [0.1, 0.15) is 30.7 Å². The lowest BCUT2D eigenvalue weighted by molar-refractivity contribution is -0.138. The van der Waals surface area contributed by atoms with Gasteiger partial charge in [-0.1, -0.05) is 11.3 Å². The topological polar surface area (TPSA) is 142 Å². The molecule has 1 unspecified atom stereocenters. The van der Waals surface area contributed by atoms with Crippen molar-refractivity contribution in [1.29, 1.82) is 5.26 Å². The van der Waals surface area contributed by atoms with Crippen LogP contribution < -0.4 is 15.4 Å². The van der Waals surface area contributed by atoms with Gasteiger partial charge in [-0.25, -0.2) is 13.4 Å². The zero-order valence-corrected chi connectivity index (χ0v) is 19.2. The third kappa shape index (κ3) is 4.11.